The summed E-state index contributed by atoms with van der Waals surface area (Å²) in [4.78, 5) is 25.2. The van der Waals surface area contributed by atoms with Gasteiger partial charge in [-0.2, -0.15) is 0 Å². The van der Waals surface area contributed by atoms with Gasteiger partial charge in [0, 0.05) is 16.0 Å². The van der Waals surface area contributed by atoms with Crippen LogP contribution in [0.2, 0.25) is 0 Å². The highest BCUT2D eigenvalue weighted by Gasteiger charge is 2.17. The van der Waals surface area contributed by atoms with Gasteiger partial charge in [-0.25, -0.2) is 4.79 Å². The molecule has 0 radical (unpaired) electrons. The minimum absolute atomic E-state index is 0.323. The molecule has 2 aromatic carbocycles. The van der Waals surface area contributed by atoms with Crippen molar-refractivity contribution in [3.8, 4) is 17.2 Å². The van der Waals surface area contributed by atoms with E-state index < -0.39 is 0 Å². The van der Waals surface area contributed by atoms with Gasteiger partial charge in [0.2, 0.25) is 5.75 Å². The van der Waals surface area contributed by atoms with Crippen LogP contribution < -0.4 is 19.5 Å². The number of carbonyl (C=O) groups excluding carboxylic acids is 2. The molecule has 0 saturated carbocycles. The number of hydrogen-bond acceptors (Lipinski definition) is 7. The highest BCUT2D eigenvalue weighted by molar-refractivity contribution is 7.20. The zero-order chi connectivity index (χ0) is 21.0. The van der Waals surface area contributed by atoms with E-state index in [1.165, 1.54) is 32.7 Å². The number of benzene rings is 2. The van der Waals surface area contributed by atoms with Gasteiger partial charge in [-0.1, -0.05) is 0 Å². The van der Waals surface area contributed by atoms with Gasteiger partial charge >= 0.3 is 5.97 Å². The van der Waals surface area contributed by atoms with Gasteiger partial charge in [-0.15, -0.1) is 11.3 Å². The fourth-order valence-electron chi connectivity index (χ4n) is 2.84. The second-order valence-corrected chi connectivity index (χ2v) is 7.04. The Morgan fingerprint density at radius 2 is 1.66 bits per heavy atom. The highest BCUT2D eigenvalue weighted by Crippen LogP contribution is 2.38. The Hall–Kier alpha value is -3.26. The molecule has 152 valence electrons. The highest BCUT2D eigenvalue weighted by atomic mass is 32.1. The predicted octanol–water partition coefficient (Wildman–Crippen LogP) is 4.36. The van der Waals surface area contributed by atoms with E-state index in [1.54, 1.807) is 31.2 Å². The van der Waals surface area contributed by atoms with Gasteiger partial charge in [0.15, 0.2) is 11.5 Å². The molecule has 0 spiro atoms. The van der Waals surface area contributed by atoms with E-state index in [0.29, 0.717) is 40.0 Å². The van der Waals surface area contributed by atoms with E-state index >= 15 is 0 Å². The molecule has 0 bridgehead atoms. The van der Waals surface area contributed by atoms with Crippen LogP contribution in [0.3, 0.4) is 0 Å². The number of carbonyl (C=O) groups is 2. The van der Waals surface area contributed by atoms with Crippen molar-refractivity contribution in [2.75, 3.05) is 33.3 Å². The second-order valence-electron chi connectivity index (χ2n) is 5.95. The zero-order valence-electron chi connectivity index (χ0n) is 16.5. The van der Waals surface area contributed by atoms with E-state index in [9.17, 15) is 9.59 Å². The number of amides is 1. The lowest BCUT2D eigenvalue weighted by Gasteiger charge is -2.14. The number of fused-ring (bicyclic) bond motifs is 1. The smallest absolute Gasteiger partial charge is 0.348 e. The third-order valence-corrected chi connectivity index (χ3v) is 5.27. The molecule has 29 heavy (non-hydrogen) atoms. The van der Waals surface area contributed by atoms with Crippen molar-refractivity contribution in [3.05, 3.63) is 46.8 Å². The van der Waals surface area contributed by atoms with Crippen molar-refractivity contribution in [1.29, 1.82) is 0 Å². The fourth-order valence-corrected chi connectivity index (χ4v) is 3.78. The molecule has 0 fully saturated rings. The van der Waals surface area contributed by atoms with Crippen molar-refractivity contribution < 1.29 is 28.5 Å². The Balaban J connectivity index is 1.86. The van der Waals surface area contributed by atoms with Crippen LogP contribution >= 0.6 is 11.3 Å². The lowest BCUT2D eigenvalue weighted by molar-refractivity contribution is 0.0532. The average Bonchev–Trinajstić information content (AvgIpc) is 3.16. The first kappa shape index (κ1) is 20.5. The molecule has 1 heterocycles. The van der Waals surface area contributed by atoms with Crippen LogP contribution in [0.4, 0.5) is 5.69 Å². The molecular formula is C21H21NO6S. The summed E-state index contributed by atoms with van der Waals surface area (Å²) < 4.78 is 21.8. The topological polar surface area (TPSA) is 83.1 Å². The largest absolute Gasteiger partial charge is 0.493 e. The maximum atomic E-state index is 12.8. The Bertz CT molecular complexity index is 1030. The third-order valence-electron chi connectivity index (χ3n) is 4.18. The number of methoxy groups -OCH3 is 3. The number of anilines is 1. The van der Waals surface area contributed by atoms with Gasteiger partial charge in [0.05, 0.1) is 27.9 Å². The lowest BCUT2D eigenvalue weighted by atomic mass is 10.1. The van der Waals surface area contributed by atoms with Gasteiger partial charge in [-0.05, 0) is 48.7 Å². The average molecular weight is 415 g/mol. The third kappa shape index (κ3) is 4.27. The van der Waals surface area contributed by atoms with Crippen LogP contribution in [-0.4, -0.2) is 39.8 Å². The molecule has 1 aromatic heterocycles. The molecule has 1 N–H and O–H groups in total. The maximum Gasteiger partial charge on any atom is 0.348 e. The molecule has 0 unspecified atom stereocenters. The molecule has 0 saturated heterocycles. The Morgan fingerprint density at radius 3 is 2.24 bits per heavy atom. The maximum absolute atomic E-state index is 12.8. The van der Waals surface area contributed by atoms with E-state index in [1.807, 2.05) is 12.1 Å². The van der Waals surface area contributed by atoms with E-state index in [0.717, 1.165) is 10.1 Å². The fraction of sp³-hybridized carbons (Fsp3) is 0.238. The minimum atomic E-state index is -0.350. The van der Waals surface area contributed by atoms with Crippen LogP contribution in [0.15, 0.2) is 36.4 Å². The Kier molecular flexibility index (Phi) is 6.23. The van der Waals surface area contributed by atoms with Crippen molar-refractivity contribution >= 4 is 39.0 Å². The number of rotatable bonds is 7. The normalized spacial score (nSPS) is 10.5. The SMILES string of the molecule is CCOC(=O)c1cc2cc(NC(=O)c3cc(OC)c(OC)c(OC)c3)ccc2s1. The number of esters is 1. The van der Waals surface area contributed by atoms with E-state index in [4.69, 9.17) is 18.9 Å². The second kappa shape index (κ2) is 8.83. The summed E-state index contributed by atoms with van der Waals surface area (Å²) in [5.41, 5.74) is 0.960. The predicted molar refractivity (Wildman–Crippen MR) is 112 cm³/mol. The summed E-state index contributed by atoms with van der Waals surface area (Å²) in [6, 6.07) is 10.4. The molecule has 0 aliphatic carbocycles. The number of thiophene rings is 1. The summed E-state index contributed by atoms with van der Waals surface area (Å²) in [6.45, 7) is 2.09. The van der Waals surface area contributed by atoms with Crippen LogP contribution in [-0.2, 0) is 4.74 Å². The first-order valence-electron chi connectivity index (χ1n) is 8.82. The molecule has 3 rings (SSSR count). The van der Waals surface area contributed by atoms with Gasteiger partial charge in [0.25, 0.3) is 5.91 Å². The summed E-state index contributed by atoms with van der Waals surface area (Å²) in [7, 11) is 4.48. The molecule has 3 aromatic rings. The first-order valence-corrected chi connectivity index (χ1v) is 9.64. The summed E-state index contributed by atoms with van der Waals surface area (Å²) in [6.07, 6.45) is 0. The van der Waals surface area contributed by atoms with Crippen LogP contribution in [0.1, 0.15) is 27.0 Å². The van der Waals surface area contributed by atoms with Crippen molar-refractivity contribution in [3.63, 3.8) is 0 Å². The summed E-state index contributed by atoms with van der Waals surface area (Å²) in [5, 5.41) is 3.70. The molecule has 0 atom stereocenters. The van der Waals surface area contributed by atoms with Crippen LogP contribution in [0, 0.1) is 0 Å². The quantitative estimate of drug-likeness (QED) is 0.578. The molecule has 7 nitrogen and oxygen atoms in total. The first-order chi connectivity index (χ1) is 14.0. The summed E-state index contributed by atoms with van der Waals surface area (Å²) >= 11 is 1.35. The molecular weight excluding hydrogens is 394 g/mol. The van der Waals surface area contributed by atoms with Crippen LogP contribution in [0.5, 0.6) is 17.2 Å². The number of nitrogens with one attached hydrogen (secondary N) is 1. The Morgan fingerprint density at radius 1 is 0.966 bits per heavy atom. The molecule has 8 heteroatoms. The van der Waals surface area contributed by atoms with Gasteiger partial charge < -0.3 is 24.3 Å². The van der Waals surface area contributed by atoms with Crippen molar-refractivity contribution in [2.45, 2.75) is 6.92 Å². The lowest BCUT2D eigenvalue weighted by Crippen LogP contribution is -2.12. The van der Waals surface area contributed by atoms with Gasteiger partial charge in [0.1, 0.15) is 4.88 Å². The van der Waals surface area contributed by atoms with Crippen molar-refractivity contribution in [1.82, 2.24) is 0 Å². The molecule has 0 aliphatic rings. The monoisotopic (exact) mass is 415 g/mol. The van der Waals surface area contributed by atoms with Crippen molar-refractivity contribution in [2.24, 2.45) is 0 Å². The van der Waals surface area contributed by atoms with E-state index in [2.05, 4.69) is 5.32 Å². The standard InChI is InChI=1S/C21H21NO6S/c1-5-28-21(24)18-11-12-8-14(6-7-17(12)29-18)22-20(23)13-9-15(25-2)19(27-4)16(10-13)26-3/h6-11H,5H2,1-4H3,(H,22,23). The summed E-state index contributed by atoms with van der Waals surface area (Å²) in [5.74, 6) is 0.521. The minimum Gasteiger partial charge on any atom is -0.493 e. The van der Waals surface area contributed by atoms with E-state index in [-0.39, 0.29) is 11.9 Å². The molecule has 1 amide bonds. The van der Waals surface area contributed by atoms with Crippen LogP contribution in [0.25, 0.3) is 10.1 Å². The number of ether oxygens (including phenoxy) is 4. The Labute approximate surface area is 172 Å². The molecule has 0 aliphatic heterocycles. The number of hydrogen-bond donors (Lipinski definition) is 1. The zero-order valence-corrected chi connectivity index (χ0v) is 17.3. The van der Waals surface area contributed by atoms with Gasteiger partial charge in [-0.3, -0.25) is 4.79 Å².